The van der Waals surface area contributed by atoms with Crippen molar-refractivity contribution in [3.8, 4) is 0 Å². The first-order valence-electron chi connectivity index (χ1n) is 7.65. The highest BCUT2D eigenvalue weighted by atomic mass is 16.2. The standard InChI is InChI=1S/C17H26N2O/c1-5-8-19-9-6-7-15(19)17(20)18-16-13(3)10-12(2)11-14(16)4/h10-11,15H,5-9H2,1-4H3,(H,18,20). The lowest BCUT2D eigenvalue weighted by Gasteiger charge is -2.24. The van der Waals surface area contributed by atoms with Gasteiger partial charge in [0.25, 0.3) is 0 Å². The normalized spacial score (nSPS) is 19.3. The van der Waals surface area contributed by atoms with Crippen LogP contribution in [0.4, 0.5) is 5.69 Å². The van der Waals surface area contributed by atoms with Crippen LogP contribution in [0.25, 0.3) is 0 Å². The molecule has 0 saturated carbocycles. The van der Waals surface area contributed by atoms with Crippen molar-refractivity contribution < 1.29 is 4.79 Å². The molecule has 1 aliphatic heterocycles. The Balaban J connectivity index is 2.12. The van der Waals surface area contributed by atoms with Gasteiger partial charge >= 0.3 is 0 Å². The Kier molecular flexibility index (Phi) is 4.81. The van der Waals surface area contributed by atoms with Gasteiger partial charge in [-0.1, -0.05) is 24.6 Å². The van der Waals surface area contributed by atoms with Gasteiger partial charge in [-0.15, -0.1) is 0 Å². The van der Waals surface area contributed by atoms with Crippen LogP contribution in [0, 0.1) is 20.8 Å². The van der Waals surface area contributed by atoms with E-state index in [9.17, 15) is 4.79 Å². The number of anilines is 1. The number of nitrogens with zero attached hydrogens (tertiary/aromatic N) is 1. The van der Waals surface area contributed by atoms with Gasteiger partial charge in [-0.3, -0.25) is 9.69 Å². The van der Waals surface area contributed by atoms with E-state index in [-0.39, 0.29) is 11.9 Å². The number of nitrogens with one attached hydrogen (secondary N) is 1. The van der Waals surface area contributed by atoms with Gasteiger partial charge in [-0.25, -0.2) is 0 Å². The van der Waals surface area contributed by atoms with E-state index in [1.165, 1.54) is 5.56 Å². The monoisotopic (exact) mass is 274 g/mol. The Hall–Kier alpha value is -1.35. The predicted octanol–water partition coefficient (Wildman–Crippen LogP) is 3.42. The zero-order valence-corrected chi connectivity index (χ0v) is 13.1. The molecule has 0 bridgehead atoms. The minimum atomic E-state index is 0.0510. The minimum absolute atomic E-state index is 0.0510. The summed E-state index contributed by atoms with van der Waals surface area (Å²) in [6.07, 6.45) is 3.21. The summed E-state index contributed by atoms with van der Waals surface area (Å²) in [4.78, 5) is 14.9. The average Bonchev–Trinajstić information content (AvgIpc) is 2.82. The second-order valence-electron chi connectivity index (χ2n) is 5.96. The second kappa shape index (κ2) is 6.40. The van der Waals surface area contributed by atoms with E-state index in [2.05, 4.69) is 50.0 Å². The molecule has 1 unspecified atom stereocenters. The van der Waals surface area contributed by atoms with Crippen molar-refractivity contribution in [2.45, 2.75) is 53.0 Å². The molecule has 1 N–H and O–H groups in total. The van der Waals surface area contributed by atoms with Crippen molar-refractivity contribution in [2.75, 3.05) is 18.4 Å². The highest BCUT2D eigenvalue weighted by Gasteiger charge is 2.30. The van der Waals surface area contributed by atoms with Crippen LogP contribution in [0.5, 0.6) is 0 Å². The third-order valence-corrected chi connectivity index (χ3v) is 4.10. The van der Waals surface area contributed by atoms with Crippen LogP contribution < -0.4 is 5.32 Å². The summed E-state index contributed by atoms with van der Waals surface area (Å²) in [5.41, 5.74) is 4.53. The summed E-state index contributed by atoms with van der Waals surface area (Å²) in [5.74, 6) is 0.158. The number of benzene rings is 1. The number of likely N-dealkylation sites (tertiary alicyclic amines) is 1. The van der Waals surface area contributed by atoms with Gasteiger partial charge in [0.15, 0.2) is 0 Å². The molecule has 1 aromatic rings. The molecule has 1 aliphatic rings. The molecule has 1 amide bonds. The smallest absolute Gasteiger partial charge is 0.241 e. The van der Waals surface area contributed by atoms with Crippen molar-refractivity contribution in [3.05, 3.63) is 28.8 Å². The number of aryl methyl sites for hydroxylation is 3. The van der Waals surface area contributed by atoms with Crippen LogP contribution in [0.15, 0.2) is 12.1 Å². The highest BCUT2D eigenvalue weighted by Crippen LogP contribution is 2.24. The van der Waals surface area contributed by atoms with E-state index < -0.39 is 0 Å². The van der Waals surface area contributed by atoms with E-state index in [0.29, 0.717) is 0 Å². The van der Waals surface area contributed by atoms with Gasteiger partial charge < -0.3 is 5.32 Å². The molecule has 3 nitrogen and oxygen atoms in total. The maximum absolute atomic E-state index is 12.5. The maximum atomic E-state index is 12.5. The molecule has 110 valence electrons. The first-order valence-corrected chi connectivity index (χ1v) is 7.65. The van der Waals surface area contributed by atoms with Crippen LogP contribution >= 0.6 is 0 Å². The number of amides is 1. The maximum Gasteiger partial charge on any atom is 0.241 e. The molecular weight excluding hydrogens is 248 g/mol. The van der Waals surface area contributed by atoms with Crippen molar-refractivity contribution >= 4 is 11.6 Å². The molecule has 20 heavy (non-hydrogen) atoms. The second-order valence-corrected chi connectivity index (χ2v) is 5.96. The molecule has 0 radical (unpaired) electrons. The zero-order valence-electron chi connectivity index (χ0n) is 13.1. The lowest BCUT2D eigenvalue weighted by Crippen LogP contribution is -2.40. The van der Waals surface area contributed by atoms with Gasteiger partial charge in [0, 0.05) is 5.69 Å². The molecule has 1 atom stereocenters. The fourth-order valence-electron chi connectivity index (χ4n) is 3.26. The lowest BCUT2D eigenvalue weighted by molar-refractivity contribution is -0.120. The lowest BCUT2D eigenvalue weighted by atomic mass is 10.0. The van der Waals surface area contributed by atoms with Gasteiger partial charge in [-0.05, 0) is 64.3 Å². The predicted molar refractivity (Wildman–Crippen MR) is 84.2 cm³/mol. The fraction of sp³-hybridized carbons (Fsp3) is 0.588. The first-order chi connectivity index (χ1) is 9.52. The van der Waals surface area contributed by atoms with Crippen LogP contribution in [0.2, 0.25) is 0 Å². The molecule has 0 spiro atoms. The number of hydrogen-bond acceptors (Lipinski definition) is 2. The SMILES string of the molecule is CCCN1CCCC1C(=O)Nc1c(C)cc(C)cc1C. The number of carbonyl (C=O) groups is 1. The van der Waals surface area contributed by atoms with E-state index in [0.717, 1.165) is 49.2 Å². The van der Waals surface area contributed by atoms with Crippen LogP contribution in [-0.2, 0) is 4.79 Å². The van der Waals surface area contributed by atoms with Crippen LogP contribution in [0.3, 0.4) is 0 Å². The molecule has 1 heterocycles. The summed E-state index contributed by atoms with van der Waals surface area (Å²) in [6, 6.07) is 4.30. The number of hydrogen-bond donors (Lipinski definition) is 1. The molecule has 1 saturated heterocycles. The van der Waals surface area contributed by atoms with Gasteiger partial charge in [-0.2, -0.15) is 0 Å². The largest absolute Gasteiger partial charge is 0.324 e. The van der Waals surface area contributed by atoms with E-state index in [1.54, 1.807) is 0 Å². The Morgan fingerprint density at radius 2 is 1.95 bits per heavy atom. The topological polar surface area (TPSA) is 32.3 Å². The first kappa shape index (κ1) is 15.0. The quantitative estimate of drug-likeness (QED) is 0.912. The van der Waals surface area contributed by atoms with Gasteiger partial charge in [0.2, 0.25) is 5.91 Å². The summed E-state index contributed by atoms with van der Waals surface area (Å²) in [6.45, 7) is 10.5. The average molecular weight is 274 g/mol. The van der Waals surface area contributed by atoms with Crippen molar-refractivity contribution in [3.63, 3.8) is 0 Å². The highest BCUT2D eigenvalue weighted by molar-refractivity contribution is 5.96. The summed E-state index contributed by atoms with van der Waals surface area (Å²) in [5, 5.41) is 3.16. The van der Waals surface area contributed by atoms with Crippen molar-refractivity contribution in [1.29, 1.82) is 0 Å². The summed E-state index contributed by atoms with van der Waals surface area (Å²) >= 11 is 0. The van der Waals surface area contributed by atoms with Crippen LogP contribution in [0.1, 0.15) is 42.9 Å². The molecule has 1 aromatic carbocycles. The Morgan fingerprint density at radius 3 is 2.55 bits per heavy atom. The molecule has 0 aromatic heterocycles. The van der Waals surface area contributed by atoms with Gasteiger partial charge in [0.1, 0.15) is 0 Å². The van der Waals surface area contributed by atoms with E-state index >= 15 is 0 Å². The molecular formula is C17H26N2O. The third kappa shape index (κ3) is 3.21. The fourth-order valence-corrected chi connectivity index (χ4v) is 3.26. The van der Waals surface area contributed by atoms with Crippen molar-refractivity contribution in [2.24, 2.45) is 0 Å². The zero-order chi connectivity index (χ0) is 14.7. The Bertz CT molecular complexity index is 473. The minimum Gasteiger partial charge on any atom is -0.324 e. The molecule has 2 rings (SSSR count). The molecule has 1 fully saturated rings. The number of carbonyl (C=O) groups excluding carboxylic acids is 1. The van der Waals surface area contributed by atoms with Crippen LogP contribution in [-0.4, -0.2) is 29.9 Å². The van der Waals surface area contributed by atoms with Gasteiger partial charge in [0.05, 0.1) is 6.04 Å². The van der Waals surface area contributed by atoms with E-state index in [4.69, 9.17) is 0 Å². The Labute approximate surface area is 122 Å². The molecule has 0 aliphatic carbocycles. The number of rotatable bonds is 4. The molecule has 3 heteroatoms. The Morgan fingerprint density at radius 1 is 1.30 bits per heavy atom. The summed E-state index contributed by atoms with van der Waals surface area (Å²) < 4.78 is 0. The summed E-state index contributed by atoms with van der Waals surface area (Å²) in [7, 11) is 0. The van der Waals surface area contributed by atoms with Crippen molar-refractivity contribution in [1.82, 2.24) is 4.90 Å². The van der Waals surface area contributed by atoms with E-state index in [1.807, 2.05) is 0 Å². The third-order valence-electron chi connectivity index (χ3n) is 4.10.